The van der Waals surface area contributed by atoms with Crippen LogP contribution in [0.15, 0.2) is 52.7 Å². The van der Waals surface area contributed by atoms with Gasteiger partial charge in [-0.25, -0.2) is 8.42 Å². The smallest absolute Gasteiger partial charge is 0.255 e. The average molecular weight is 445 g/mol. The number of hydrogen-bond donors (Lipinski definition) is 1. The van der Waals surface area contributed by atoms with Gasteiger partial charge < -0.3 is 10.1 Å². The van der Waals surface area contributed by atoms with E-state index in [9.17, 15) is 13.2 Å². The van der Waals surface area contributed by atoms with Gasteiger partial charge in [0.25, 0.3) is 5.91 Å². The first-order valence-corrected chi connectivity index (χ1v) is 11.6. The Kier molecular flexibility index (Phi) is 5.91. The summed E-state index contributed by atoms with van der Waals surface area (Å²) in [7, 11) is -3.68. The molecule has 0 radical (unpaired) electrons. The average Bonchev–Trinajstić information content (AvgIpc) is 3.30. The molecule has 0 spiro atoms. The molecule has 0 bridgehead atoms. The third-order valence-corrected chi connectivity index (χ3v) is 7.26. The minimum atomic E-state index is -3.68. The minimum absolute atomic E-state index is 0.103. The van der Waals surface area contributed by atoms with Crippen LogP contribution in [0.5, 0.6) is 0 Å². The summed E-state index contributed by atoms with van der Waals surface area (Å²) in [5.74, 6) is -0.366. The lowest BCUT2D eigenvalue weighted by molar-refractivity contribution is 0.0730. The summed E-state index contributed by atoms with van der Waals surface area (Å²) in [6.07, 6.45) is 0. The highest BCUT2D eigenvalue weighted by atomic mass is 32.2. The topological polar surface area (TPSA) is 101 Å². The lowest BCUT2D eigenvalue weighted by Gasteiger charge is -2.26. The number of sulfonamides is 1. The predicted molar refractivity (Wildman–Crippen MR) is 114 cm³/mol. The van der Waals surface area contributed by atoms with E-state index in [0.29, 0.717) is 43.1 Å². The number of morpholine rings is 1. The number of aromatic nitrogens is 2. The quantitative estimate of drug-likeness (QED) is 0.649. The minimum Gasteiger partial charge on any atom is -0.379 e. The van der Waals surface area contributed by atoms with Gasteiger partial charge in [-0.2, -0.15) is 4.31 Å². The third-order valence-electron chi connectivity index (χ3n) is 4.86. The Hall–Kier alpha value is -2.66. The molecule has 1 saturated heterocycles. The summed E-state index contributed by atoms with van der Waals surface area (Å²) in [6.45, 7) is 3.12. The predicted octanol–water partition coefficient (Wildman–Crippen LogP) is 2.79. The third kappa shape index (κ3) is 4.26. The zero-order valence-corrected chi connectivity index (χ0v) is 17.9. The van der Waals surface area contributed by atoms with E-state index in [0.717, 1.165) is 11.3 Å². The van der Waals surface area contributed by atoms with Crippen molar-refractivity contribution in [2.75, 3.05) is 31.6 Å². The lowest BCUT2D eigenvalue weighted by Crippen LogP contribution is -2.40. The Balaban J connectivity index is 1.54. The van der Waals surface area contributed by atoms with Gasteiger partial charge in [0.15, 0.2) is 0 Å². The maximum Gasteiger partial charge on any atom is 0.255 e. The van der Waals surface area contributed by atoms with E-state index < -0.39 is 10.0 Å². The van der Waals surface area contributed by atoms with Gasteiger partial charge in [-0.15, -0.1) is 5.10 Å². The molecule has 2 aromatic carbocycles. The molecule has 1 aliphatic rings. The van der Waals surface area contributed by atoms with Crippen molar-refractivity contribution in [2.24, 2.45) is 0 Å². The van der Waals surface area contributed by atoms with Crippen LogP contribution < -0.4 is 5.32 Å². The van der Waals surface area contributed by atoms with Crippen molar-refractivity contribution in [1.82, 2.24) is 13.9 Å². The van der Waals surface area contributed by atoms with E-state index in [-0.39, 0.29) is 10.8 Å². The van der Waals surface area contributed by atoms with Crippen LogP contribution in [-0.4, -0.2) is 54.5 Å². The van der Waals surface area contributed by atoms with Crippen molar-refractivity contribution in [2.45, 2.75) is 11.8 Å². The molecular formula is C20H20N4O4S2. The summed E-state index contributed by atoms with van der Waals surface area (Å²) < 4.78 is 36.3. The van der Waals surface area contributed by atoms with E-state index in [4.69, 9.17) is 4.74 Å². The molecule has 0 atom stereocenters. The van der Waals surface area contributed by atoms with E-state index in [1.54, 1.807) is 25.1 Å². The van der Waals surface area contributed by atoms with Crippen molar-refractivity contribution in [1.29, 1.82) is 0 Å². The highest BCUT2D eigenvalue weighted by Crippen LogP contribution is 2.23. The highest BCUT2D eigenvalue weighted by molar-refractivity contribution is 7.89. The van der Waals surface area contributed by atoms with E-state index in [1.807, 2.05) is 17.5 Å². The van der Waals surface area contributed by atoms with Gasteiger partial charge in [-0.1, -0.05) is 22.7 Å². The number of ether oxygens (including phenoxy) is 1. The van der Waals surface area contributed by atoms with Crippen LogP contribution in [0.25, 0.3) is 11.3 Å². The van der Waals surface area contributed by atoms with Crippen molar-refractivity contribution >= 4 is 33.2 Å². The fourth-order valence-corrected chi connectivity index (χ4v) is 5.06. The molecule has 1 aromatic heterocycles. The van der Waals surface area contributed by atoms with Crippen molar-refractivity contribution in [3.8, 4) is 11.3 Å². The van der Waals surface area contributed by atoms with E-state index in [1.165, 1.54) is 28.0 Å². The number of nitrogens with zero attached hydrogens (tertiary/aromatic N) is 3. The van der Waals surface area contributed by atoms with Gasteiger partial charge >= 0.3 is 0 Å². The lowest BCUT2D eigenvalue weighted by atomic mass is 10.1. The number of anilines is 1. The molecule has 0 aliphatic carbocycles. The van der Waals surface area contributed by atoms with Crippen molar-refractivity contribution in [3.05, 3.63) is 59.0 Å². The summed E-state index contributed by atoms with van der Waals surface area (Å²) in [5, 5.41) is 8.69. The normalized spacial score (nSPS) is 15.1. The summed E-state index contributed by atoms with van der Waals surface area (Å²) in [6, 6.07) is 11.9. The number of hydrogen-bond acceptors (Lipinski definition) is 7. The SMILES string of the molecule is Cc1ccc(S(=O)(=O)N2CCOCC2)cc1C(=O)Nc1ccc(-c2csnn2)cc1. The molecule has 4 rings (SSSR count). The second-order valence-electron chi connectivity index (χ2n) is 6.81. The summed E-state index contributed by atoms with van der Waals surface area (Å²) >= 11 is 1.27. The maximum atomic E-state index is 12.9. The first-order chi connectivity index (χ1) is 14.4. The molecule has 156 valence electrons. The van der Waals surface area contributed by atoms with Gasteiger partial charge in [0.1, 0.15) is 5.69 Å². The van der Waals surface area contributed by atoms with Crippen LogP contribution in [0.2, 0.25) is 0 Å². The van der Waals surface area contributed by atoms with Crippen molar-refractivity contribution in [3.63, 3.8) is 0 Å². The zero-order valence-electron chi connectivity index (χ0n) is 16.2. The molecule has 1 amide bonds. The number of aryl methyl sites for hydroxylation is 1. The number of carbonyl (C=O) groups excluding carboxylic acids is 1. The Labute approximate surface area is 178 Å². The van der Waals surface area contributed by atoms with Crippen LogP contribution >= 0.6 is 11.5 Å². The monoisotopic (exact) mass is 444 g/mol. The summed E-state index contributed by atoms with van der Waals surface area (Å²) in [4.78, 5) is 12.9. The molecule has 1 fully saturated rings. The molecule has 8 nitrogen and oxygen atoms in total. The number of amides is 1. The Bertz CT molecular complexity index is 1140. The zero-order chi connectivity index (χ0) is 21.1. The molecular weight excluding hydrogens is 424 g/mol. The van der Waals surface area contributed by atoms with Crippen molar-refractivity contribution < 1.29 is 17.9 Å². The first-order valence-electron chi connectivity index (χ1n) is 9.32. The van der Waals surface area contributed by atoms with Gasteiger partial charge in [0.2, 0.25) is 10.0 Å². The number of carbonyl (C=O) groups is 1. The number of nitrogens with one attached hydrogen (secondary N) is 1. The molecule has 30 heavy (non-hydrogen) atoms. The van der Waals surface area contributed by atoms with Gasteiger partial charge in [0, 0.05) is 35.3 Å². The maximum absolute atomic E-state index is 12.9. The fourth-order valence-electron chi connectivity index (χ4n) is 3.16. The van der Waals surface area contributed by atoms with Gasteiger partial charge in [0.05, 0.1) is 18.1 Å². The van der Waals surface area contributed by atoms with Crippen LogP contribution in [0, 0.1) is 6.92 Å². The molecule has 1 aliphatic heterocycles. The highest BCUT2D eigenvalue weighted by Gasteiger charge is 2.27. The molecule has 2 heterocycles. The van der Waals surface area contributed by atoms with Crippen LogP contribution in [0.3, 0.4) is 0 Å². The second kappa shape index (κ2) is 8.60. The standard InChI is InChI=1S/C20H20N4O4S2/c1-14-2-7-17(30(26,27)24-8-10-28-11-9-24)12-18(14)20(25)21-16-5-3-15(4-6-16)19-13-29-23-22-19/h2-7,12-13H,8-11H2,1H3,(H,21,25). The van der Waals surface area contributed by atoms with Crippen LogP contribution in [0.1, 0.15) is 15.9 Å². The van der Waals surface area contributed by atoms with Crippen LogP contribution in [-0.2, 0) is 14.8 Å². The van der Waals surface area contributed by atoms with Crippen LogP contribution in [0.4, 0.5) is 5.69 Å². The number of benzene rings is 2. The van der Waals surface area contributed by atoms with Gasteiger partial charge in [-0.05, 0) is 48.3 Å². The molecule has 0 unspecified atom stereocenters. The largest absolute Gasteiger partial charge is 0.379 e. The Morgan fingerprint density at radius 3 is 2.53 bits per heavy atom. The molecule has 1 N–H and O–H groups in total. The van der Waals surface area contributed by atoms with E-state index >= 15 is 0 Å². The number of rotatable bonds is 5. The Morgan fingerprint density at radius 1 is 1.13 bits per heavy atom. The Morgan fingerprint density at radius 2 is 1.87 bits per heavy atom. The fraction of sp³-hybridized carbons (Fsp3) is 0.250. The molecule has 10 heteroatoms. The summed E-state index contributed by atoms with van der Waals surface area (Å²) in [5.41, 5.74) is 3.29. The second-order valence-corrected chi connectivity index (χ2v) is 9.36. The molecule has 3 aromatic rings. The molecule has 0 saturated carbocycles. The van der Waals surface area contributed by atoms with Gasteiger partial charge in [-0.3, -0.25) is 4.79 Å². The van der Waals surface area contributed by atoms with E-state index in [2.05, 4.69) is 14.9 Å². The first kappa shape index (κ1) is 20.6.